The van der Waals surface area contributed by atoms with Crippen LogP contribution in [0.4, 0.5) is 5.82 Å². The van der Waals surface area contributed by atoms with Gasteiger partial charge in [0.25, 0.3) is 0 Å². The van der Waals surface area contributed by atoms with Crippen LogP contribution in [0.5, 0.6) is 0 Å². The standard InChI is InChI=1S/C12H16N4/c13-11(14)9-6-7-2-1-3-10(7)16-12(9)15-8-4-5-8/h6,8H,1-5H2,(H3,13,14)(H,15,16). The van der Waals surface area contributed by atoms with E-state index in [0.29, 0.717) is 6.04 Å². The molecule has 0 radical (unpaired) electrons. The third-order valence-corrected chi connectivity index (χ3v) is 3.26. The van der Waals surface area contributed by atoms with Crippen molar-refractivity contribution in [1.29, 1.82) is 5.41 Å². The van der Waals surface area contributed by atoms with Crippen LogP contribution in [-0.2, 0) is 12.8 Å². The summed E-state index contributed by atoms with van der Waals surface area (Å²) < 4.78 is 0. The maximum atomic E-state index is 7.60. The van der Waals surface area contributed by atoms with E-state index in [0.717, 1.165) is 24.2 Å². The Morgan fingerprint density at radius 2 is 2.25 bits per heavy atom. The number of aryl methyl sites for hydroxylation is 2. The van der Waals surface area contributed by atoms with E-state index in [-0.39, 0.29) is 5.84 Å². The lowest BCUT2D eigenvalue weighted by Gasteiger charge is -2.11. The SMILES string of the molecule is N=C(N)c1cc2c(nc1NC1CC1)CCC2. The summed E-state index contributed by atoms with van der Waals surface area (Å²) in [5.41, 5.74) is 8.84. The van der Waals surface area contributed by atoms with Gasteiger partial charge in [-0.2, -0.15) is 0 Å². The summed E-state index contributed by atoms with van der Waals surface area (Å²) in [6.45, 7) is 0. The molecule has 4 N–H and O–H groups in total. The molecule has 0 unspecified atom stereocenters. The molecule has 1 aromatic rings. The van der Waals surface area contributed by atoms with Gasteiger partial charge in [0.05, 0.1) is 5.56 Å². The van der Waals surface area contributed by atoms with Gasteiger partial charge in [-0.3, -0.25) is 5.41 Å². The Kier molecular flexibility index (Phi) is 2.09. The van der Waals surface area contributed by atoms with Crippen molar-refractivity contribution in [1.82, 2.24) is 4.98 Å². The number of nitrogens with two attached hydrogens (primary N) is 1. The van der Waals surface area contributed by atoms with E-state index >= 15 is 0 Å². The van der Waals surface area contributed by atoms with Crippen LogP contribution >= 0.6 is 0 Å². The zero-order valence-corrected chi connectivity index (χ0v) is 9.21. The van der Waals surface area contributed by atoms with Crippen LogP contribution in [0.2, 0.25) is 0 Å². The number of anilines is 1. The van der Waals surface area contributed by atoms with E-state index in [4.69, 9.17) is 11.1 Å². The highest BCUT2D eigenvalue weighted by atomic mass is 15.1. The number of nitrogens with one attached hydrogen (secondary N) is 2. The van der Waals surface area contributed by atoms with Crippen molar-refractivity contribution >= 4 is 11.7 Å². The fraction of sp³-hybridized carbons (Fsp3) is 0.500. The lowest BCUT2D eigenvalue weighted by atomic mass is 10.1. The number of rotatable bonds is 3. The molecule has 84 valence electrons. The van der Waals surface area contributed by atoms with Crippen LogP contribution in [0.1, 0.15) is 36.1 Å². The van der Waals surface area contributed by atoms with E-state index in [1.165, 1.54) is 30.5 Å². The Hall–Kier alpha value is -1.58. The number of amidine groups is 1. The molecule has 4 nitrogen and oxygen atoms in total. The zero-order chi connectivity index (χ0) is 11.1. The van der Waals surface area contributed by atoms with Crippen molar-refractivity contribution in [3.63, 3.8) is 0 Å². The summed E-state index contributed by atoms with van der Waals surface area (Å²) in [5.74, 6) is 0.931. The van der Waals surface area contributed by atoms with Crippen molar-refractivity contribution in [2.24, 2.45) is 5.73 Å². The quantitative estimate of drug-likeness (QED) is 0.528. The average Bonchev–Trinajstić information content (AvgIpc) is 2.94. The lowest BCUT2D eigenvalue weighted by molar-refractivity contribution is 0.899. The minimum absolute atomic E-state index is 0.116. The normalized spacial score (nSPS) is 18.2. The van der Waals surface area contributed by atoms with Crippen molar-refractivity contribution in [3.8, 4) is 0 Å². The molecule has 0 aliphatic heterocycles. The topological polar surface area (TPSA) is 74.8 Å². The first-order chi connectivity index (χ1) is 7.74. The Labute approximate surface area is 94.8 Å². The van der Waals surface area contributed by atoms with Gasteiger partial charge >= 0.3 is 0 Å². The van der Waals surface area contributed by atoms with Gasteiger partial charge in [0, 0.05) is 11.7 Å². The number of nitrogen functional groups attached to an aromatic ring is 1. The number of aromatic nitrogens is 1. The summed E-state index contributed by atoms with van der Waals surface area (Å²) in [6, 6.07) is 2.59. The molecule has 1 fully saturated rings. The van der Waals surface area contributed by atoms with Gasteiger partial charge in [0.2, 0.25) is 0 Å². The second-order valence-electron chi connectivity index (χ2n) is 4.68. The van der Waals surface area contributed by atoms with Crippen LogP contribution in [-0.4, -0.2) is 16.9 Å². The number of pyridine rings is 1. The molecule has 0 amide bonds. The summed E-state index contributed by atoms with van der Waals surface area (Å²) >= 11 is 0. The number of hydrogen-bond donors (Lipinski definition) is 3. The maximum Gasteiger partial charge on any atom is 0.137 e. The molecule has 3 rings (SSSR count). The van der Waals surface area contributed by atoms with Crippen LogP contribution in [0.15, 0.2) is 6.07 Å². The van der Waals surface area contributed by atoms with Gasteiger partial charge in [0.15, 0.2) is 0 Å². The van der Waals surface area contributed by atoms with Crippen LogP contribution in [0.25, 0.3) is 0 Å². The molecule has 2 aliphatic carbocycles. The largest absolute Gasteiger partial charge is 0.384 e. The molecule has 0 bridgehead atoms. The van der Waals surface area contributed by atoms with E-state index in [1.807, 2.05) is 6.07 Å². The van der Waals surface area contributed by atoms with Gasteiger partial charge < -0.3 is 11.1 Å². The Morgan fingerprint density at radius 1 is 1.44 bits per heavy atom. The zero-order valence-electron chi connectivity index (χ0n) is 9.21. The van der Waals surface area contributed by atoms with Crippen molar-refractivity contribution in [2.45, 2.75) is 38.1 Å². The molecule has 0 saturated heterocycles. The minimum Gasteiger partial charge on any atom is -0.384 e. The fourth-order valence-electron chi connectivity index (χ4n) is 2.21. The van der Waals surface area contributed by atoms with Crippen molar-refractivity contribution < 1.29 is 0 Å². The Balaban J connectivity index is 2.01. The van der Waals surface area contributed by atoms with Gasteiger partial charge in [0.1, 0.15) is 11.7 Å². The summed E-state index contributed by atoms with van der Waals surface area (Å²) in [4.78, 5) is 4.62. The Morgan fingerprint density at radius 3 is 2.94 bits per heavy atom. The van der Waals surface area contributed by atoms with Crippen molar-refractivity contribution in [3.05, 3.63) is 22.9 Å². The number of fused-ring (bicyclic) bond motifs is 1. The van der Waals surface area contributed by atoms with Crippen LogP contribution < -0.4 is 11.1 Å². The van der Waals surface area contributed by atoms with Gasteiger partial charge in [-0.05, 0) is 43.7 Å². The highest BCUT2D eigenvalue weighted by molar-refractivity contribution is 5.99. The molecule has 0 spiro atoms. The minimum atomic E-state index is 0.116. The molecule has 0 aromatic carbocycles. The predicted octanol–water partition coefficient (Wildman–Crippen LogP) is 1.43. The van der Waals surface area contributed by atoms with Gasteiger partial charge in [-0.25, -0.2) is 4.98 Å². The molecular formula is C12H16N4. The third-order valence-electron chi connectivity index (χ3n) is 3.26. The molecule has 16 heavy (non-hydrogen) atoms. The van der Waals surface area contributed by atoms with Gasteiger partial charge in [-0.1, -0.05) is 0 Å². The fourth-order valence-corrected chi connectivity index (χ4v) is 2.21. The smallest absolute Gasteiger partial charge is 0.137 e. The van der Waals surface area contributed by atoms with Gasteiger partial charge in [-0.15, -0.1) is 0 Å². The molecule has 1 saturated carbocycles. The highest BCUT2D eigenvalue weighted by Crippen LogP contribution is 2.29. The van der Waals surface area contributed by atoms with E-state index in [2.05, 4.69) is 10.3 Å². The second kappa shape index (κ2) is 3.47. The summed E-state index contributed by atoms with van der Waals surface area (Å²) in [7, 11) is 0. The van der Waals surface area contributed by atoms with E-state index in [9.17, 15) is 0 Å². The number of hydrogen-bond acceptors (Lipinski definition) is 3. The average molecular weight is 216 g/mol. The summed E-state index contributed by atoms with van der Waals surface area (Å²) in [5, 5.41) is 11.0. The first-order valence-electron chi connectivity index (χ1n) is 5.88. The molecule has 0 atom stereocenters. The first-order valence-corrected chi connectivity index (χ1v) is 5.88. The highest BCUT2D eigenvalue weighted by Gasteiger charge is 2.24. The molecule has 1 heterocycles. The van der Waals surface area contributed by atoms with Crippen LogP contribution in [0.3, 0.4) is 0 Å². The maximum absolute atomic E-state index is 7.60. The molecular weight excluding hydrogens is 200 g/mol. The Bertz CT molecular complexity index is 449. The van der Waals surface area contributed by atoms with Crippen molar-refractivity contribution in [2.75, 3.05) is 5.32 Å². The lowest BCUT2D eigenvalue weighted by Crippen LogP contribution is -2.17. The molecule has 4 heteroatoms. The van der Waals surface area contributed by atoms with E-state index < -0.39 is 0 Å². The number of nitrogens with zero attached hydrogens (tertiary/aromatic N) is 1. The summed E-state index contributed by atoms with van der Waals surface area (Å²) in [6.07, 6.45) is 5.72. The van der Waals surface area contributed by atoms with E-state index in [1.54, 1.807) is 0 Å². The third kappa shape index (κ3) is 1.64. The molecule has 1 aromatic heterocycles. The predicted molar refractivity (Wildman–Crippen MR) is 63.9 cm³/mol. The first kappa shape index (κ1) is 9.63. The monoisotopic (exact) mass is 216 g/mol. The molecule has 2 aliphatic rings. The van der Waals surface area contributed by atoms with Crippen LogP contribution in [0, 0.1) is 5.41 Å². The second-order valence-corrected chi connectivity index (χ2v) is 4.68.